The predicted molar refractivity (Wildman–Crippen MR) is 102 cm³/mol. The molecule has 27 heavy (non-hydrogen) atoms. The zero-order valence-corrected chi connectivity index (χ0v) is 15.7. The number of nitriles is 1. The van der Waals surface area contributed by atoms with Crippen LogP contribution in [0.1, 0.15) is 24.0 Å². The Morgan fingerprint density at radius 2 is 1.93 bits per heavy atom. The molecule has 2 aliphatic rings. The van der Waals surface area contributed by atoms with Crippen LogP contribution in [0.4, 0.5) is 5.82 Å². The molecule has 4 rings (SSSR count). The molecular formula is C19H19N5O2S. The Bertz CT molecular complexity index is 1050. The summed E-state index contributed by atoms with van der Waals surface area (Å²) in [5, 5.41) is 9.28. The van der Waals surface area contributed by atoms with Crippen LogP contribution in [0.5, 0.6) is 0 Å². The van der Waals surface area contributed by atoms with Crippen LogP contribution in [0.25, 0.3) is 0 Å². The molecule has 8 heteroatoms. The van der Waals surface area contributed by atoms with Gasteiger partial charge in [-0.3, -0.25) is 0 Å². The van der Waals surface area contributed by atoms with Gasteiger partial charge in [0.2, 0.25) is 0 Å². The van der Waals surface area contributed by atoms with Crippen LogP contribution in [0, 0.1) is 11.3 Å². The number of pyridine rings is 1. The third kappa shape index (κ3) is 3.04. The highest BCUT2D eigenvalue weighted by Gasteiger charge is 2.34. The molecule has 1 saturated heterocycles. The van der Waals surface area contributed by atoms with Crippen LogP contribution in [-0.2, 0) is 10.0 Å². The standard InChI is InChI=1S/C19H19N5O2S/c1-23(19-16-6-2-3-7-17(16)27(25,26)22-19)15-8-11-24(12-9-15)18-14(13-20)5-4-10-21-18/h2-7,10,15H,8-9,11-12H2,1H3. The van der Waals surface area contributed by atoms with E-state index in [9.17, 15) is 13.7 Å². The minimum atomic E-state index is -3.61. The van der Waals surface area contributed by atoms with Crippen molar-refractivity contribution in [1.82, 2.24) is 9.88 Å². The maximum atomic E-state index is 12.3. The summed E-state index contributed by atoms with van der Waals surface area (Å²) in [6.45, 7) is 1.50. The first kappa shape index (κ1) is 17.5. The van der Waals surface area contributed by atoms with Crippen molar-refractivity contribution in [3.05, 3.63) is 53.7 Å². The molecule has 138 valence electrons. The number of amidine groups is 1. The quantitative estimate of drug-likeness (QED) is 0.790. The molecule has 0 spiro atoms. The summed E-state index contributed by atoms with van der Waals surface area (Å²) in [6.07, 6.45) is 3.36. The molecule has 0 amide bonds. The highest BCUT2D eigenvalue weighted by Crippen LogP contribution is 2.30. The van der Waals surface area contributed by atoms with E-state index in [2.05, 4.69) is 20.4 Å². The smallest absolute Gasteiger partial charge is 0.285 e. The molecule has 0 radical (unpaired) electrons. The lowest BCUT2D eigenvalue weighted by atomic mass is 10.0. The van der Waals surface area contributed by atoms with E-state index in [-0.39, 0.29) is 10.9 Å². The van der Waals surface area contributed by atoms with Crippen molar-refractivity contribution in [2.45, 2.75) is 23.8 Å². The molecule has 2 aliphatic heterocycles. The summed E-state index contributed by atoms with van der Waals surface area (Å²) >= 11 is 0. The number of nitrogens with zero attached hydrogens (tertiary/aromatic N) is 5. The molecule has 1 fully saturated rings. The molecule has 0 unspecified atom stereocenters. The number of rotatable bonds is 2. The molecule has 2 aromatic rings. The van der Waals surface area contributed by atoms with Crippen LogP contribution >= 0.6 is 0 Å². The average molecular weight is 381 g/mol. The lowest BCUT2D eigenvalue weighted by Gasteiger charge is -2.38. The second-order valence-electron chi connectivity index (χ2n) is 6.70. The second kappa shape index (κ2) is 6.67. The third-order valence-corrected chi connectivity index (χ3v) is 6.49. The molecule has 0 aliphatic carbocycles. The van der Waals surface area contributed by atoms with Crippen LogP contribution in [0.15, 0.2) is 51.9 Å². The maximum absolute atomic E-state index is 12.3. The fourth-order valence-electron chi connectivity index (χ4n) is 3.72. The first-order chi connectivity index (χ1) is 13.0. The van der Waals surface area contributed by atoms with Gasteiger partial charge in [0.1, 0.15) is 16.8 Å². The van der Waals surface area contributed by atoms with Crippen molar-refractivity contribution < 1.29 is 8.42 Å². The Morgan fingerprint density at radius 3 is 2.67 bits per heavy atom. The minimum absolute atomic E-state index is 0.176. The molecule has 0 atom stereocenters. The van der Waals surface area contributed by atoms with E-state index in [1.165, 1.54) is 0 Å². The Balaban J connectivity index is 1.52. The van der Waals surface area contributed by atoms with E-state index in [1.54, 1.807) is 36.5 Å². The van der Waals surface area contributed by atoms with Crippen LogP contribution in [-0.4, -0.2) is 50.3 Å². The highest BCUT2D eigenvalue weighted by molar-refractivity contribution is 7.90. The highest BCUT2D eigenvalue weighted by atomic mass is 32.2. The number of fused-ring (bicyclic) bond motifs is 1. The fourth-order valence-corrected chi connectivity index (χ4v) is 4.96. The average Bonchev–Trinajstić information content (AvgIpc) is 2.99. The van der Waals surface area contributed by atoms with Gasteiger partial charge in [-0.05, 0) is 37.1 Å². The molecule has 0 saturated carbocycles. The zero-order valence-electron chi connectivity index (χ0n) is 14.9. The Hall–Kier alpha value is -2.92. The van der Waals surface area contributed by atoms with Gasteiger partial charge in [-0.25, -0.2) is 4.98 Å². The largest absolute Gasteiger partial charge is 0.355 e. The number of anilines is 1. The molecular weight excluding hydrogens is 362 g/mol. The molecule has 0 N–H and O–H groups in total. The number of benzene rings is 1. The van der Waals surface area contributed by atoms with E-state index >= 15 is 0 Å². The monoisotopic (exact) mass is 381 g/mol. The zero-order chi connectivity index (χ0) is 19.0. The summed E-state index contributed by atoms with van der Waals surface area (Å²) < 4.78 is 28.6. The van der Waals surface area contributed by atoms with Crippen molar-refractivity contribution in [3.8, 4) is 6.07 Å². The number of sulfonamides is 1. The minimum Gasteiger partial charge on any atom is -0.355 e. The van der Waals surface area contributed by atoms with Crippen molar-refractivity contribution in [2.24, 2.45) is 4.40 Å². The van der Waals surface area contributed by atoms with Gasteiger partial charge < -0.3 is 9.80 Å². The van der Waals surface area contributed by atoms with Gasteiger partial charge in [-0.2, -0.15) is 13.7 Å². The van der Waals surface area contributed by atoms with E-state index in [4.69, 9.17) is 0 Å². The molecule has 0 bridgehead atoms. The van der Waals surface area contributed by atoms with Gasteiger partial charge in [0.05, 0.1) is 5.56 Å². The predicted octanol–water partition coefficient (Wildman–Crippen LogP) is 2.00. The van der Waals surface area contributed by atoms with E-state index in [0.717, 1.165) is 25.9 Å². The molecule has 7 nitrogen and oxygen atoms in total. The summed E-state index contributed by atoms with van der Waals surface area (Å²) in [7, 11) is -1.71. The van der Waals surface area contributed by atoms with Crippen LogP contribution in [0.3, 0.4) is 0 Å². The normalized spacial score (nSPS) is 18.5. The molecule has 1 aromatic heterocycles. The van der Waals surface area contributed by atoms with E-state index in [1.807, 2.05) is 18.0 Å². The van der Waals surface area contributed by atoms with Crippen molar-refractivity contribution in [1.29, 1.82) is 5.26 Å². The van der Waals surface area contributed by atoms with E-state index < -0.39 is 10.0 Å². The lowest BCUT2D eigenvalue weighted by Crippen LogP contribution is -2.46. The number of hydrogen-bond donors (Lipinski definition) is 0. The second-order valence-corrected chi connectivity index (χ2v) is 8.27. The van der Waals surface area contributed by atoms with Crippen LogP contribution < -0.4 is 4.90 Å². The SMILES string of the molecule is CN(C1=NS(=O)(=O)c2ccccc21)C1CCN(c2ncccc2C#N)CC1. The number of aromatic nitrogens is 1. The van der Waals surface area contributed by atoms with Gasteiger partial charge in [0, 0.05) is 37.9 Å². The van der Waals surface area contributed by atoms with Crippen molar-refractivity contribution in [2.75, 3.05) is 25.0 Å². The first-order valence-electron chi connectivity index (χ1n) is 8.78. The Morgan fingerprint density at radius 1 is 1.19 bits per heavy atom. The molecule has 1 aromatic carbocycles. The van der Waals surface area contributed by atoms with Crippen molar-refractivity contribution >= 4 is 21.7 Å². The van der Waals surface area contributed by atoms with E-state index in [0.29, 0.717) is 22.8 Å². The third-order valence-electron chi connectivity index (χ3n) is 5.17. The van der Waals surface area contributed by atoms with Crippen molar-refractivity contribution in [3.63, 3.8) is 0 Å². The summed E-state index contributed by atoms with van der Waals surface area (Å²) in [6, 6.07) is 12.9. The Kier molecular flexibility index (Phi) is 4.32. The summed E-state index contributed by atoms with van der Waals surface area (Å²) in [4.78, 5) is 8.72. The van der Waals surface area contributed by atoms with Gasteiger partial charge in [-0.1, -0.05) is 12.1 Å². The fraction of sp³-hybridized carbons (Fsp3) is 0.316. The lowest BCUT2D eigenvalue weighted by molar-refractivity contribution is 0.305. The van der Waals surface area contributed by atoms with Crippen LogP contribution in [0.2, 0.25) is 0 Å². The van der Waals surface area contributed by atoms with Gasteiger partial charge in [0.15, 0.2) is 5.84 Å². The number of hydrogen-bond acceptors (Lipinski definition) is 6. The molecule has 3 heterocycles. The summed E-state index contributed by atoms with van der Waals surface area (Å²) in [5.74, 6) is 1.23. The maximum Gasteiger partial charge on any atom is 0.285 e. The topological polar surface area (TPSA) is 89.7 Å². The Labute approximate surface area is 158 Å². The van der Waals surface area contributed by atoms with Gasteiger partial charge in [-0.15, -0.1) is 4.40 Å². The number of piperidine rings is 1. The summed E-state index contributed by atoms with van der Waals surface area (Å²) in [5.41, 5.74) is 1.24. The van der Waals surface area contributed by atoms with Gasteiger partial charge in [0.25, 0.3) is 10.0 Å². The van der Waals surface area contributed by atoms with Gasteiger partial charge >= 0.3 is 0 Å². The first-order valence-corrected chi connectivity index (χ1v) is 10.2.